The molecule has 1 rings (SSSR count). The lowest BCUT2D eigenvalue weighted by Gasteiger charge is -2.09. The maximum absolute atomic E-state index is 12.2. The fraction of sp³-hybridized carbons (Fsp3) is 0.250. The number of aryl methyl sites for hydroxylation is 1. The van der Waals surface area contributed by atoms with Crippen LogP contribution in [0, 0.1) is 6.92 Å². The van der Waals surface area contributed by atoms with Gasteiger partial charge in [-0.2, -0.15) is 13.2 Å². The molecule has 0 aliphatic rings. The van der Waals surface area contributed by atoms with Crippen LogP contribution in [-0.2, 0) is 6.18 Å². The predicted octanol–water partition coefficient (Wildman–Crippen LogP) is 2.30. The molecule has 0 amide bonds. The minimum Gasteiger partial charge on any atom is -0.324 e. The Balaban J connectivity index is 3.16. The highest BCUT2D eigenvalue weighted by Crippen LogP contribution is 2.31. The van der Waals surface area contributed by atoms with Gasteiger partial charge in [-0.1, -0.05) is 0 Å². The third-order valence-corrected chi connectivity index (χ3v) is 1.57. The molecule has 0 bridgehead atoms. The average molecular weight is 190 g/mol. The first-order valence-electron chi connectivity index (χ1n) is 3.59. The molecule has 1 aromatic carbocycles. The number of anilines is 1. The molecule has 0 aromatic heterocycles. The van der Waals surface area contributed by atoms with E-state index in [1.54, 1.807) is 6.92 Å². The fourth-order valence-electron chi connectivity index (χ4n) is 1.03. The Kier molecular flexibility index (Phi) is 2.47. The van der Waals surface area contributed by atoms with Crippen molar-refractivity contribution in [3.05, 3.63) is 29.3 Å². The summed E-state index contributed by atoms with van der Waals surface area (Å²) < 4.78 is 36.6. The van der Waals surface area contributed by atoms with Gasteiger partial charge < -0.3 is 5.43 Å². The van der Waals surface area contributed by atoms with Crippen molar-refractivity contribution >= 4 is 5.69 Å². The van der Waals surface area contributed by atoms with Crippen molar-refractivity contribution in [3.63, 3.8) is 0 Å². The lowest BCUT2D eigenvalue weighted by Crippen LogP contribution is -2.10. The Morgan fingerprint density at radius 2 is 1.85 bits per heavy atom. The second-order valence-electron chi connectivity index (χ2n) is 2.73. The summed E-state index contributed by atoms with van der Waals surface area (Å²) in [4.78, 5) is 0. The first kappa shape index (κ1) is 9.85. The summed E-state index contributed by atoms with van der Waals surface area (Å²) >= 11 is 0. The topological polar surface area (TPSA) is 38.0 Å². The molecule has 13 heavy (non-hydrogen) atoms. The zero-order valence-electron chi connectivity index (χ0n) is 6.94. The van der Waals surface area contributed by atoms with E-state index in [2.05, 4.69) is 5.43 Å². The van der Waals surface area contributed by atoms with Gasteiger partial charge in [-0.25, -0.2) is 0 Å². The number of halogens is 3. The molecule has 72 valence electrons. The van der Waals surface area contributed by atoms with E-state index in [1.165, 1.54) is 6.07 Å². The summed E-state index contributed by atoms with van der Waals surface area (Å²) in [7, 11) is 0. The molecule has 0 unspecified atom stereocenters. The van der Waals surface area contributed by atoms with Gasteiger partial charge in [-0.3, -0.25) is 5.84 Å². The van der Waals surface area contributed by atoms with Crippen LogP contribution in [0.5, 0.6) is 0 Å². The molecule has 0 saturated carbocycles. The zero-order chi connectivity index (χ0) is 10.1. The molecule has 0 saturated heterocycles. The minimum absolute atomic E-state index is 0.257. The molecule has 0 heterocycles. The van der Waals surface area contributed by atoms with Crippen molar-refractivity contribution in [1.29, 1.82) is 0 Å². The number of hydrogen-bond acceptors (Lipinski definition) is 2. The fourth-order valence-corrected chi connectivity index (χ4v) is 1.03. The Bertz CT molecular complexity index is 307. The van der Waals surface area contributed by atoms with E-state index in [0.29, 0.717) is 5.56 Å². The summed E-state index contributed by atoms with van der Waals surface area (Å²) in [5.74, 6) is 5.01. The van der Waals surface area contributed by atoms with Crippen LogP contribution in [0.15, 0.2) is 18.2 Å². The van der Waals surface area contributed by atoms with Gasteiger partial charge >= 0.3 is 6.18 Å². The van der Waals surface area contributed by atoms with E-state index in [1.807, 2.05) is 0 Å². The van der Waals surface area contributed by atoms with Crippen LogP contribution in [0.2, 0.25) is 0 Å². The predicted molar refractivity (Wildman–Crippen MR) is 44.0 cm³/mol. The van der Waals surface area contributed by atoms with Gasteiger partial charge in [0.05, 0.1) is 5.56 Å². The largest absolute Gasteiger partial charge is 0.416 e. The molecule has 0 aliphatic carbocycles. The summed E-state index contributed by atoms with van der Waals surface area (Å²) in [6, 6.07) is 3.57. The van der Waals surface area contributed by atoms with E-state index in [9.17, 15) is 13.2 Å². The third-order valence-electron chi connectivity index (χ3n) is 1.57. The molecule has 0 spiro atoms. The smallest absolute Gasteiger partial charge is 0.324 e. The van der Waals surface area contributed by atoms with Crippen molar-refractivity contribution < 1.29 is 13.2 Å². The highest BCUT2D eigenvalue weighted by Gasteiger charge is 2.30. The van der Waals surface area contributed by atoms with Gasteiger partial charge in [0.2, 0.25) is 0 Å². The number of nitrogens with two attached hydrogens (primary N) is 1. The normalized spacial score (nSPS) is 11.5. The monoisotopic (exact) mass is 190 g/mol. The van der Waals surface area contributed by atoms with Crippen LogP contribution in [0.1, 0.15) is 11.1 Å². The standard InChI is InChI=1S/C8H9F3N2/c1-5-2-6(8(9,10)11)4-7(3-5)13-12/h2-4,13H,12H2,1H3. The zero-order valence-corrected chi connectivity index (χ0v) is 6.94. The van der Waals surface area contributed by atoms with Crippen molar-refractivity contribution in [2.75, 3.05) is 5.43 Å². The van der Waals surface area contributed by atoms with Crippen LogP contribution in [0.4, 0.5) is 18.9 Å². The Hall–Kier alpha value is -1.23. The van der Waals surface area contributed by atoms with Gasteiger partial charge in [0, 0.05) is 5.69 Å². The van der Waals surface area contributed by atoms with Crippen molar-refractivity contribution in [2.24, 2.45) is 5.84 Å². The molecule has 1 aromatic rings. The summed E-state index contributed by atoms with van der Waals surface area (Å²) in [6.07, 6.45) is -4.32. The Morgan fingerprint density at radius 3 is 2.31 bits per heavy atom. The summed E-state index contributed by atoms with van der Waals surface area (Å²) in [5, 5.41) is 0. The number of alkyl halides is 3. The van der Waals surface area contributed by atoms with Crippen molar-refractivity contribution in [2.45, 2.75) is 13.1 Å². The highest BCUT2D eigenvalue weighted by atomic mass is 19.4. The van der Waals surface area contributed by atoms with Crippen LogP contribution in [0.25, 0.3) is 0 Å². The molecule has 0 radical (unpaired) electrons. The van der Waals surface area contributed by atoms with Gasteiger partial charge in [-0.05, 0) is 30.7 Å². The number of hydrazine groups is 1. The molecule has 5 heteroatoms. The SMILES string of the molecule is Cc1cc(NN)cc(C(F)(F)F)c1. The number of benzene rings is 1. The van der Waals surface area contributed by atoms with E-state index in [4.69, 9.17) is 5.84 Å². The summed E-state index contributed by atoms with van der Waals surface area (Å²) in [5.41, 5.74) is 2.26. The molecular formula is C8H9F3N2. The Morgan fingerprint density at radius 1 is 1.23 bits per heavy atom. The Labute approximate surface area is 73.5 Å². The highest BCUT2D eigenvalue weighted by molar-refractivity contribution is 5.48. The third kappa shape index (κ3) is 2.35. The second-order valence-corrected chi connectivity index (χ2v) is 2.73. The quantitative estimate of drug-likeness (QED) is 0.526. The average Bonchev–Trinajstić information content (AvgIpc) is 2.01. The van der Waals surface area contributed by atoms with Gasteiger partial charge in [0.15, 0.2) is 0 Å². The van der Waals surface area contributed by atoms with Gasteiger partial charge in [0.25, 0.3) is 0 Å². The van der Waals surface area contributed by atoms with Crippen LogP contribution < -0.4 is 11.3 Å². The maximum atomic E-state index is 12.2. The molecule has 0 aliphatic heterocycles. The van der Waals surface area contributed by atoms with E-state index >= 15 is 0 Å². The minimum atomic E-state index is -4.32. The number of nitrogens with one attached hydrogen (secondary N) is 1. The van der Waals surface area contributed by atoms with Crippen molar-refractivity contribution in [1.82, 2.24) is 0 Å². The molecule has 2 nitrogen and oxygen atoms in total. The lowest BCUT2D eigenvalue weighted by molar-refractivity contribution is -0.137. The van der Waals surface area contributed by atoms with Crippen LogP contribution in [0.3, 0.4) is 0 Å². The summed E-state index contributed by atoms with van der Waals surface area (Å²) in [6.45, 7) is 1.58. The van der Waals surface area contributed by atoms with Crippen molar-refractivity contribution in [3.8, 4) is 0 Å². The van der Waals surface area contributed by atoms with E-state index in [0.717, 1.165) is 12.1 Å². The first-order valence-corrected chi connectivity index (χ1v) is 3.59. The second kappa shape index (κ2) is 3.26. The van der Waals surface area contributed by atoms with Crippen LogP contribution >= 0.6 is 0 Å². The molecular weight excluding hydrogens is 181 g/mol. The number of hydrogen-bond donors (Lipinski definition) is 2. The van der Waals surface area contributed by atoms with Crippen LogP contribution in [-0.4, -0.2) is 0 Å². The van der Waals surface area contributed by atoms with Gasteiger partial charge in [0.1, 0.15) is 0 Å². The van der Waals surface area contributed by atoms with E-state index in [-0.39, 0.29) is 5.69 Å². The number of nitrogen functional groups attached to an aromatic ring is 1. The lowest BCUT2D eigenvalue weighted by atomic mass is 10.1. The maximum Gasteiger partial charge on any atom is 0.416 e. The first-order chi connectivity index (χ1) is 5.93. The molecule has 0 atom stereocenters. The molecule has 0 fully saturated rings. The van der Waals surface area contributed by atoms with E-state index < -0.39 is 11.7 Å². The number of rotatable bonds is 1. The van der Waals surface area contributed by atoms with Gasteiger partial charge in [-0.15, -0.1) is 0 Å². The molecule has 3 N–H and O–H groups in total.